The second-order valence-corrected chi connectivity index (χ2v) is 3.37. The van der Waals surface area contributed by atoms with Crippen molar-refractivity contribution in [3.05, 3.63) is 0 Å². The highest BCUT2D eigenvalue weighted by atomic mass is 79.9. The molecule has 1 heterocycles. The first-order valence-corrected chi connectivity index (χ1v) is 3.53. The van der Waals surface area contributed by atoms with Gasteiger partial charge in [-0.05, 0) is 0 Å². The van der Waals surface area contributed by atoms with Gasteiger partial charge in [0.15, 0.2) is 0 Å². The molecule has 2 rings (SSSR count). The molecule has 0 N–H and O–H groups in total. The molecule has 0 radical (unpaired) electrons. The van der Waals surface area contributed by atoms with Crippen molar-refractivity contribution < 1.29 is 4.74 Å². The molecule has 0 spiro atoms. The molecule has 0 aromatic carbocycles. The maximum absolute atomic E-state index is 5.15. The molecule has 2 heteroatoms. The van der Waals surface area contributed by atoms with Gasteiger partial charge in [0.1, 0.15) is 0 Å². The zero-order valence-electron chi connectivity index (χ0n) is 3.93. The molecule has 0 bridgehead atoms. The first kappa shape index (κ1) is 4.33. The minimum absolute atomic E-state index is 0.807. The lowest BCUT2D eigenvalue weighted by Gasteiger charge is -1.92. The van der Waals surface area contributed by atoms with Gasteiger partial charge in [-0.2, -0.15) is 0 Å². The van der Waals surface area contributed by atoms with Gasteiger partial charge in [-0.15, -0.1) is 0 Å². The van der Waals surface area contributed by atoms with Gasteiger partial charge in [0.05, 0.1) is 13.2 Å². The first-order valence-electron chi connectivity index (χ1n) is 2.61. The monoisotopic (exact) mass is 162 g/mol. The lowest BCUT2D eigenvalue weighted by molar-refractivity contribution is 0.167. The summed E-state index contributed by atoms with van der Waals surface area (Å²) in [5.41, 5.74) is 0. The molecular formula is C5H7BrO. The average molecular weight is 163 g/mol. The first-order chi connectivity index (χ1) is 3.39. The maximum Gasteiger partial charge on any atom is 0.0509 e. The summed E-state index contributed by atoms with van der Waals surface area (Å²) in [7, 11) is 0. The second-order valence-electron chi connectivity index (χ2n) is 2.31. The van der Waals surface area contributed by atoms with Crippen LogP contribution in [0, 0.1) is 11.8 Å². The molecule has 1 aliphatic heterocycles. The van der Waals surface area contributed by atoms with Crippen LogP contribution in [-0.2, 0) is 4.74 Å². The van der Waals surface area contributed by atoms with Crippen molar-refractivity contribution in [2.75, 3.05) is 13.2 Å². The van der Waals surface area contributed by atoms with Crippen LogP contribution >= 0.6 is 15.9 Å². The number of rotatable bonds is 0. The molecule has 3 atom stereocenters. The summed E-state index contributed by atoms with van der Waals surface area (Å²) in [5, 5.41) is 0. The van der Waals surface area contributed by atoms with Gasteiger partial charge in [-0.3, -0.25) is 0 Å². The molecule has 2 fully saturated rings. The highest BCUT2D eigenvalue weighted by molar-refractivity contribution is 9.09. The number of alkyl halides is 1. The van der Waals surface area contributed by atoms with Crippen molar-refractivity contribution in [3.63, 3.8) is 0 Å². The summed E-state index contributed by atoms with van der Waals surface area (Å²) in [6.07, 6.45) is 0. The lowest BCUT2D eigenvalue weighted by Crippen LogP contribution is -1.94. The smallest absolute Gasteiger partial charge is 0.0509 e. The van der Waals surface area contributed by atoms with Crippen LogP contribution in [0.25, 0.3) is 0 Å². The molecule has 1 aliphatic carbocycles. The van der Waals surface area contributed by atoms with Gasteiger partial charge >= 0.3 is 0 Å². The summed E-state index contributed by atoms with van der Waals surface area (Å²) in [5.74, 6) is 1.75. The van der Waals surface area contributed by atoms with Crippen molar-refractivity contribution >= 4 is 15.9 Å². The molecule has 2 aliphatic rings. The van der Waals surface area contributed by atoms with E-state index >= 15 is 0 Å². The van der Waals surface area contributed by atoms with E-state index in [-0.39, 0.29) is 0 Å². The predicted octanol–water partition coefficient (Wildman–Crippen LogP) is 1.03. The molecule has 7 heavy (non-hydrogen) atoms. The Bertz CT molecular complexity index is 84.1. The highest BCUT2D eigenvalue weighted by Gasteiger charge is 2.52. The van der Waals surface area contributed by atoms with E-state index in [2.05, 4.69) is 15.9 Å². The van der Waals surface area contributed by atoms with E-state index < -0.39 is 0 Å². The molecule has 0 aromatic heterocycles. The Kier molecular flexibility index (Phi) is 0.762. The number of hydrogen-bond donors (Lipinski definition) is 0. The van der Waals surface area contributed by atoms with E-state index in [0.717, 1.165) is 29.9 Å². The number of halogens is 1. The van der Waals surface area contributed by atoms with Crippen LogP contribution in [-0.4, -0.2) is 18.0 Å². The summed E-state index contributed by atoms with van der Waals surface area (Å²) >= 11 is 3.55. The van der Waals surface area contributed by atoms with Crippen LogP contribution < -0.4 is 0 Å². The Labute approximate surface area is 51.2 Å². The van der Waals surface area contributed by atoms with Crippen LogP contribution in [0.1, 0.15) is 0 Å². The quantitative estimate of drug-likeness (QED) is 0.484. The van der Waals surface area contributed by atoms with E-state index in [4.69, 9.17) is 4.74 Å². The molecule has 1 saturated carbocycles. The molecule has 1 nitrogen and oxygen atoms in total. The fourth-order valence-corrected chi connectivity index (χ4v) is 2.08. The molecule has 40 valence electrons. The van der Waals surface area contributed by atoms with Crippen molar-refractivity contribution in [2.45, 2.75) is 4.83 Å². The summed E-state index contributed by atoms with van der Waals surface area (Å²) in [4.78, 5) is 0.807. The average Bonchev–Trinajstić information content (AvgIpc) is 2.26. The van der Waals surface area contributed by atoms with Crippen molar-refractivity contribution in [1.29, 1.82) is 0 Å². The minimum atomic E-state index is 0.807. The van der Waals surface area contributed by atoms with Crippen LogP contribution in [0.3, 0.4) is 0 Å². The van der Waals surface area contributed by atoms with Gasteiger partial charge in [0, 0.05) is 16.7 Å². The third kappa shape index (κ3) is 0.470. The lowest BCUT2D eigenvalue weighted by atomic mass is 10.4. The topological polar surface area (TPSA) is 9.23 Å². The van der Waals surface area contributed by atoms with Crippen molar-refractivity contribution in [2.24, 2.45) is 11.8 Å². The van der Waals surface area contributed by atoms with Gasteiger partial charge < -0.3 is 4.74 Å². The van der Waals surface area contributed by atoms with Crippen LogP contribution in [0.2, 0.25) is 0 Å². The standard InChI is InChI=1S/C5H7BrO/c6-5-3-1-7-2-4(3)5/h3-5H,1-2H2/t3-,4?,5?/m0/s1. The zero-order chi connectivity index (χ0) is 4.85. The van der Waals surface area contributed by atoms with Gasteiger partial charge in [-0.1, -0.05) is 15.9 Å². The second kappa shape index (κ2) is 1.23. The third-order valence-corrected chi connectivity index (χ3v) is 3.21. The minimum Gasteiger partial charge on any atom is -0.381 e. The summed E-state index contributed by atoms with van der Waals surface area (Å²) in [6, 6.07) is 0. The third-order valence-electron chi connectivity index (χ3n) is 1.85. The molecule has 1 saturated heterocycles. The summed E-state index contributed by atoms with van der Waals surface area (Å²) < 4.78 is 5.15. The van der Waals surface area contributed by atoms with E-state index in [9.17, 15) is 0 Å². The van der Waals surface area contributed by atoms with E-state index in [1.165, 1.54) is 0 Å². The van der Waals surface area contributed by atoms with Crippen LogP contribution in [0.4, 0.5) is 0 Å². The fourth-order valence-electron chi connectivity index (χ4n) is 1.17. The molecule has 2 unspecified atom stereocenters. The van der Waals surface area contributed by atoms with Crippen LogP contribution in [0.15, 0.2) is 0 Å². The SMILES string of the molecule is BrC1C2COC[C@H]12. The van der Waals surface area contributed by atoms with E-state index in [1.807, 2.05) is 0 Å². The maximum atomic E-state index is 5.15. The number of hydrogen-bond acceptors (Lipinski definition) is 1. The number of fused-ring (bicyclic) bond motifs is 1. The molecule has 0 amide bonds. The van der Waals surface area contributed by atoms with Gasteiger partial charge in [0.25, 0.3) is 0 Å². The highest BCUT2D eigenvalue weighted by Crippen LogP contribution is 2.49. The number of ether oxygens (including phenoxy) is 1. The van der Waals surface area contributed by atoms with Crippen molar-refractivity contribution in [1.82, 2.24) is 0 Å². The Hall–Kier alpha value is 0.440. The Morgan fingerprint density at radius 3 is 2.14 bits per heavy atom. The van der Waals surface area contributed by atoms with Gasteiger partial charge in [-0.25, -0.2) is 0 Å². The van der Waals surface area contributed by atoms with E-state index in [0.29, 0.717) is 0 Å². The largest absolute Gasteiger partial charge is 0.381 e. The van der Waals surface area contributed by atoms with E-state index in [1.54, 1.807) is 0 Å². The van der Waals surface area contributed by atoms with Gasteiger partial charge in [0.2, 0.25) is 0 Å². The molecular weight excluding hydrogens is 156 g/mol. The normalized spacial score (nSPS) is 57.0. The van der Waals surface area contributed by atoms with Crippen LogP contribution in [0.5, 0.6) is 0 Å². The zero-order valence-corrected chi connectivity index (χ0v) is 5.52. The van der Waals surface area contributed by atoms with Crippen molar-refractivity contribution in [3.8, 4) is 0 Å². The predicted molar refractivity (Wildman–Crippen MR) is 30.5 cm³/mol. The summed E-state index contributed by atoms with van der Waals surface area (Å²) in [6.45, 7) is 2.00. The Morgan fingerprint density at radius 1 is 1.29 bits per heavy atom. The Balaban J connectivity index is 2.06. The molecule has 0 aromatic rings. The fraction of sp³-hybridized carbons (Fsp3) is 1.00. The Morgan fingerprint density at radius 2 is 1.86 bits per heavy atom.